The Morgan fingerprint density at radius 3 is 2.26 bits per heavy atom. The van der Waals surface area contributed by atoms with E-state index in [1.807, 2.05) is 0 Å². The maximum atomic E-state index is 13.6. The Hall–Kier alpha value is -2.46. The van der Waals surface area contributed by atoms with E-state index in [4.69, 9.17) is 9.47 Å². The number of hydrogen-bond acceptors (Lipinski definition) is 6. The number of sulfonamides is 1. The molecule has 2 unspecified atom stereocenters. The van der Waals surface area contributed by atoms with Crippen molar-refractivity contribution in [2.45, 2.75) is 88.3 Å². The SMILES string of the molecule is COc1cc(C)c(S(=O)(=O)N2CCCC(OCC(=O)NC3CCC(C(c4ccccc4)N4CCCC4)CC3)C2)c(C)c1. The van der Waals surface area contributed by atoms with Crippen LogP contribution in [0.5, 0.6) is 5.75 Å². The number of nitrogens with zero attached hydrogens (tertiary/aromatic N) is 2. The summed E-state index contributed by atoms with van der Waals surface area (Å²) >= 11 is 0. The van der Waals surface area contributed by atoms with Gasteiger partial charge < -0.3 is 14.8 Å². The smallest absolute Gasteiger partial charge is 0.246 e. The van der Waals surface area contributed by atoms with Crippen LogP contribution in [0, 0.1) is 19.8 Å². The van der Waals surface area contributed by atoms with Crippen LogP contribution in [0.25, 0.3) is 0 Å². The lowest BCUT2D eigenvalue weighted by Gasteiger charge is -2.39. The third kappa shape index (κ3) is 7.18. The topological polar surface area (TPSA) is 88.2 Å². The summed E-state index contributed by atoms with van der Waals surface area (Å²) < 4.78 is 39.9. The van der Waals surface area contributed by atoms with Crippen LogP contribution in [-0.4, -0.2) is 75.6 Å². The molecule has 230 valence electrons. The third-order valence-electron chi connectivity index (χ3n) is 9.32. The van der Waals surface area contributed by atoms with E-state index in [9.17, 15) is 13.2 Å². The average molecular weight is 598 g/mol. The number of benzene rings is 2. The number of aryl methyl sites for hydroxylation is 2. The quantitative estimate of drug-likeness (QED) is 0.415. The summed E-state index contributed by atoms with van der Waals surface area (Å²) in [5, 5.41) is 3.20. The van der Waals surface area contributed by atoms with E-state index < -0.39 is 10.0 Å². The molecule has 0 aromatic heterocycles. The van der Waals surface area contributed by atoms with E-state index in [1.54, 1.807) is 33.1 Å². The van der Waals surface area contributed by atoms with Crippen molar-refractivity contribution in [3.8, 4) is 5.75 Å². The number of piperidine rings is 1. The molecule has 0 radical (unpaired) electrons. The Kier molecular flexibility index (Phi) is 10.2. The number of nitrogens with one attached hydrogen (secondary N) is 1. The van der Waals surface area contributed by atoms with Crippen LogP contribution < -0.4 is 10.1 Å². The van der Waals surface area contributed by atoms with Crippen LogP contribution in [0.3, 0.4) is 0 Å². The number of carbonyl (C=O) groups is 1. The van der Waals surface area contributed by atoms with Gasteiger partial charge in [0.15, 0.2) is 0 Å². The fourth-order valence-corrected chi connectivity index (χ4v) is 9.24. The minimum Gasteiger partial charge on any atom is -0.497 e. The van der Waals surface area contributed by atoms with E-state index in [1.165, 1.54) is 35.8 Å². The normalized spacial score (nSPS) is 24.8. The van der Waals surface area contributed by atoms with Gasteiger partial charge in [-0.25, -0.2) is 8.42 Å². The highest BCUT2D eigenvalue weighted by atomic mass is 32.2. The van der Waals surface area contributed by atoms with Gasteiger partial charge in [-0.15, -0.1) is 0 Å². The summed E-state index contributed by atoms with van der Waals surface area (Å²) in [5.74, 6) is 1.13. The Morgan fingerprint density at radius 1 is 0.952 bits per heavy atom. The molecule has 1 N–H and O–H groups in total. The zero-order valence-electron chi connectivity index (χ0n) is 25.4. The lowest BCUT2D eigenvalue weighted by atomic mass is 9.78. The van der Waals surface area contributed by atoms with Gasteiger partial charge in [-0.2, -0.15) is 4.31 Å². The molecule has 0 bridgehead atoms. The van der Waals surface area contributed by atoms with E-state index in [2.05, 4.69) is 40.5 Å². The maximum Gasteiger partial charge on any atom is 0.246 e. The maximum absolute atomic E-state index is 13.6. The van der Waals surface area contributed by atoms with Crippen LogP contribution in [-0.2, 0) is 19.6 Å². The zero-order chi connectivity index (χ0) is 29.7. The lowest BCUT2D eigenvalue weighted by molar-refractivity contribution is -0.129. The number of amides is 1. The lowest BCUT2D eigenvalue weighted by Crippen LogP contribution is -2.45. The summed E-state index contributed by atoms with van der Waals surface area (Å²) in [6.07, 6.45) is 7.84. The molecule has 3 aliphatic rings. The second-order valence-corrected chi connectivity index (χ2v) is 14.2. The van der Waals surface area contributed by atoms with Gasteiger partial charge in [0.05, 0.1) is 18.1 Å². The highest BCUT2D eigenvalue weighted by molar-refractivity contribution is 7.89. The molecular formula is C33H47N3O5S. The number of likely N-dealkylation sites (tertiary alicyclic amines) is 1. The van der Waals surface area contributed by atoms with Crippen molar-refractivity contribution >= 4 is 15.9 Å². The van der Waals surface area contributed by atoms with Crippen molar-refractivity contribution in [2.75, 3.05) is 39.9 Å². The molecule has 9 heteroatoms. The zero-order valence-corrected chi connectivity index (χ0v) is 26.2. The van der Waals surface area contributed by atoms with Gasteiger partial charge in [-0.05, 0) is 113 Å². The first-order valence-electron chi connectivity index (χ1n) is 15.6. The summed E-state index contributed by atoms with van der Waals surface area (Å²) in [4.78, 5) is 15.9. The standard InChI is InChI=1S/C33H47N3O5S/c1-24-20-30(40-3)21-25(2)33(24)42(38,39)36-19-9-12-29(22-36)41-23-31(37)34-28-15-13-27(14-16-28)32(35-17-7-8-18-35)26-10-5-4-6-11-26/h4-6,10-11,20-21,27-29,32H,7-9,12-19,22-23H2,1-3H3,(H,34,37). The second-order valence-electron chi connectivity index (χ2n) is 12.3. The van der Waals surface area contributed by atoms with Gasteiger partial charge >= 0.3 is 0 Å². The van der Waals surface area contributed by atoms with Crippen LogP contribution in [0.15, 0.2) is 47.4 Å². The van der Waals surface area contributed by atoms with Crippen LogP contribution in [0.1, 0.15) is 74.1 Å². The Bertz CT molecular complexity index is 1280. The van der Waals surface area contributed by atoms with Gasteiger partial charge in [0, 0.05) is 25.2 Å². The largest absolute Gasteiger partial charge is 0.497 e. The van der Waals surface area contributed by atoms with E-state index in [0.717, 1.165) is 32.1 Å². The van der Waals surface area contributed by atoms with Crippen LogP contribution in [0.4, 0.5) is 0 Å². The van der Waals surface area contributed by atoms with Crippen molar-refractivity contribution in [3.63, 3.8) is 0 Å². The van der Waals surface area contributed by atoms with Crippen LogP contribution in [0.2, 0.25) is 0 Å². The molecule has 5 rings (SSSR count). The molecule has 2 aliphatic heterocycles. The van der Waals surface area contributed by atoms with Gasteiger partial charge in [-0.1, -0.05) is 30.3 Å². The van der Waals surface area contributed by atoms with E-state index in [0.29, 0.717) is 46.7 Å². The van der Waals surface area contributed by atoms with E-state index in [-0.39, 0.29) is 31.2 Å². The summed E-state index contributed by atoms with van der Waals surface area (Å²) in [7, 11) is -2.11. The number of methoxy groups -OCH3 is 1. The molecule has 0 spiro atoms. The van der Waals surface area contributed by atoms with E-state index >= 15 is 0 Å². The third-order valence-corrected chi connectivity index (χ3v) is 11.5. The predicted molar refractivity (Wildman–Crippen MR) is 164 cm³/mol. The Morgan fingerprint density at radius 2 is 1.62 bits per heavy atom. The number of rotatable bonds is 10. The highest BCUT2D eigenvalue weighted by Gasteiger charge is 2.35. The molecule has 8 nitrogen and oxygen atoms in total. The molecule has 1 saturated carbocycles. The molecular weight excluding hydrogens is 550 g/mol. The van der Waals surface area contributed by atoms with Crippen molar-refractivity contribution in [1.82, 2.24) is 14.5 Å². The fraction of sp³-hybridized carbons (Fsp3) is 0.606. The highest BCUT2D eigenvalue weighted by Crippen LogP contribution is 2.40. The molecule has 1 amide bonds. The molecule has 3 fully saturated rings. The molecule has 2 atom stereocenters. The number of ether oxygens (including phenoxy) is 2. The molecule has 1 aliphatic carbocycles. The average Bonchev–Trinajstić information content (AvgIpc) is 3.52. The minimum atomic E-state index is -3.69. The van der Waals surface area contributed by atoms with Gasteiger partial charge in [0.25, 0.3) is 0 Å². The fourth-order valence-electron chi connectivity index (χ4n) is 7.32. The van der Waals surface area contributed by atoms with Crippen molar-refractivity contribution in [3.05, 3.63) is 59.2 Å². The monoisotopic (exact) mass is 597 g/mol. The first-order valence-corrected chi connectivity index (χ1v) is 17.1. The first-order chi connectivity index (χ1) is 20.3. The van der Waals surface area contributed by atoms with Crippen molar-refractivity contribution in [2.24, 2.45) is 5.92 Å². The van der Waals surface area contributed by atoms with Crippen molar-refractivity contribution in [1.29, 1.82) is 0 Å². The number of carbonyl (C=O) groups excluding carboxylic acids is 1. The molecule has 42 heavy (non-hydrogen) atoms. The van der Waals surface area contributed by atoms with Gasteiger partial charge in [-0.3, -0.25) is 9.69 Å². The summed E-state index contributed by atoms with van der Waals surface area (Å²) in [6.45, 7) is 6.60. The number of hydrogen-bond donors (Lipinski definition) is 1. The minimum absolute atomic E-state index is 0.0422. The molecule has 2 heterocycles. The molecule has 2 saturated heterocycles. The van der Waals surface area contributed by atoms with Gasteiger partial charge in [0.1, 0.15) is 12.4 Å². The second kappa shape index (κ2) is 13.9. The molecule has 2 aromatic carbocycles. The Balaban J connectivity index is 1.11. The predicted octanol–water partition coefficient (Wildman–Crippen LogP) is 4.99. The van der Waals surface area contributed by atoms with Crippen LogP contribution >= 0.6 is 0 Å². The van der Waals surface area contributed by atoms with Gasteiger partial charge in [0.2, 0.25) is 15.9 Å². The summed E-state index contributed by atoms with van der Waals surface area (Å²) in [6, 6.07) is 15.1. The molecule has 2 aromatic rings. The summed E-state index contributed by atoms with van der Waals surface area (Å²) in [5.41, 5.74) is 2.75. The Labute approximate surface area is 251 Å². The first kappa shape index (κ1) is 31.0. The van der Waals surface area contributed by atoms with Crippen molar-refractivity contribution < 1.29 is 22.7 Å².